The molecule has 0 saturated carbocycles. The summed E-state index contributed by atoms with van der Waals surface area (Å²) in [5.74, 6) is 1.81. The maximum absolute atomic E-state index is 5.19. The molecule has 0 aliphatic carbocycles. The highest BCUT2D eigenvalue weighted by atomic mass is 16.5. The topological polar surface area (TPSA) is 37.4 Å². The maximum atomic E-state index is 5.19. The molecule has 106 valence electrons. The van der Waals surface area contributed by atoms with Crippen LogP contribution in [0.3, 0.4) is 0 Å². The van der Waals surface area contributed by atoms with E-state index in [-0.39, 0.29) is 6.04 Å². The molecule has 0 aliphatic heterocycles. The molecule has 0 amide bonds. The number of nitrogens with zero attached hydrogens (tertiary/aromatic N) is 2. The van der Waals surface area contributed by atoms with Crippen molar-refractivity contribution in [1.82, 2.24) is 10.3 Å². The van der Waals surface area contributed by atoms with Gasteiger partial charge in [0.15, 0.2) is 0 Å². The van der Waals surface area contributed by atoms with Crippen molar-refractivity contribution in [2.45, 2.75) is 13.0 Å². The van der Waals surface area contributed by atoms with Gasteiger partial charge in [-0.2, -0.15) is 0 Å². The van der Waals surface area contributed by atoms with Gasteiger partial charge in [-0.15, -0.1) is 0 Å². The predicted molar refractivity (Wildman–Crippen MR) is 82.8 cm³/mol. The number of nitrogens with one attached hydrogen (secondary N) is 1. The Morgan fingerprint density at radius 3 is 2.50 bits per heavy atom. The van der Waals surface area contributed by atoms with Crippen molar-refractivity contribution < 1.29 is 4.74 Å². The molecule has 0 spiro atoms. The average Bonchev–Trinajstić information content (AvgIpc) is 2.53. The predicted octanol–water partition coefficient (Wildman–Crippen LogP) is 3.14. The molecule has 2 rings (SSSR count). The van der Waals surface area contributed by atoms with Crippen LogP contribution in [0.2, 0.25) is 0 Å². The third-order valence-corrected chi connectivity index (χ3v) is 3.49. The number of aromatic nitrogens is 1. The molecule has 1 N–H and O–H groups in total. The van der Waals surface area contributed by atoms with Crippen LogP contribution >= 0.6 is 0 Å². The number of anilines is 2. The molecule has 1 aromatic heterocycles. The second-order valence-corrected chi connectivity index (χ2v) is 4.68. The summed E-state index contributed by atoms with van der Waals surface area (Å²) >= 11 is 0. The number of hydrogen-bond donors (Lipinski definition) is 1. The van der Waals surface area contributed by atoms with E-state index in [9.17, 15) is 0 Å². The first kappa shape index (κ1) is 14.3. The zero-order valence-corrected chi connectivity index (χ0v) is 12.4. The number of benzene rings is 1. The summed E-state index contributed by atoms with van der Waals surface area (Å²) in [6, 6.07) is 12.3. The van der Waals surface area contributed by atoms with Crippen LogP contribution in [0.4, 0.5) is 11.5 Å². The summed E-state index contributed by atoms with van der Waals surface area (Å²) in [6.07, 6.45) is 1.82. The van der Waals surface area contributed by atoms with E-state index < -0.39 is 0 Å². The lowest BCUT2D eigenvalue weighted by atomic mass is 10.1. The molecule has 0 saturated heterocycles. The van der Waals surface area contributed by atoms with Crippen LogP contribution in [0, 0.1) is 0 Å². The molecule has 0 fully saturated rings. The highest BCUT2D eigenvalue weighted by Crippen LogP contribution is 2.29. The fourth-order valence-electron chi connectivity index (χ4n) is 2.11. The standard InChI is InChI=1S/C16H21N3O/c1-12(17-2)15-6-5-11-18-16(15)19(3)13-7-9-14(20-4)10-8-13/h5-12,17H,1-4H3. The molecular weight excluding hydrogens is 250 g/mol. The van der Waals surface area contributed by atoms with E-state index in [2.05, 4.69) is 28.2 Å². The van der Waals surface area contributed by atoms with Crippen molar-refractivity contribution in [3.8, 4) is 5.75 Å². The minimum absolute atomic E-state index is 0.249. The first-order valence-corrected chi connectivity index (χ1v) is 6.67. The Bertz CT molecular complexity index is 554. The Labute approximate surface area is 120 Å². The first-order chi connectivity index (χ1) is 9.67. The average molecular weight is 271 g/mol. The van der Waals surface area contributed by atoms with Crippen molar-refractivity contribution in [3.05, 3.63) is 48.2 Å². The highest BCUT2D eigenvalue weighted by molar-refractivity contribution is 5.63. The first-order valence-electron chi connectivity index (χ1n) is 6.67. The second kappa shape index (κ2) is 6.39. The van der Waals surface area contributed by atoms with E-state index in [1.165, 1.54) is 5.56 Å². The molecule has 1 heterocycles. The van der Waals surface area contributed by atoms with Crippen molar-refractivity contribution in [1.29, 1.82) is 0 Å². The second-order valence-electron chi connectivity index (χ2n) is 4.68. The van der Waals surface area contributed by atoms with Gasteiger partial charge in [-0.25, -0.2) is 4.98 Å². The summed E-state index contributed by atoms with van der Waals surface area (Å²) in [7, 11) is 5.65. The molecule has 1 aromatic carbocycles. The summed E-state index contributed by atoms with van der Waals surface area (Å²) in [6.45, 7) is 2.13. The van der Waals surface area contributed by atoms with Gasteiger partial charge in [0.1, 0.15) is 11.6 Å². The highest BCUT2D eigenvalue weighted by Gasteiger charge is 2.14. The number of rotatable bonds is 5. The molecular formula is C16H21N3O. The third-order valence-electron chi connectivity index (χ3n) is 3.49. The number of ether oxygens (including phenoxy) is 1. The fourth-order valence-corrected chi connectivity index (χ4v) is 2.11. The van der Waals surface area contributed by atoms with Crippen molar-refractivity contribution in [2.24, 2.45) is 0 Å². The van der Waals surface area contributed by atoms with Gasteiger partial charge < -0.3 is 15.0 Å². The van der Waals surface area contributed by atoms with E-state index >= 15 is 0 Å². The zero-order valence-electron chi connectivity index (χ0n) is 12.4. The van der Waals surface area contributed by atoms with Crippen molar-refractivity contribution in [3.63, 3.8) is 0 Å². The number of methoxy groups -OCH3 is 1. The van der Waals surface area contributed by atoms with E-state index in [4.69, 9.17) is 4.74 Å². The molecule has 2 aromatic rings. The third kappa shape index (κ3) is 2.91. The van der Waals surface area contributed by atoms with Crippen LogP contribution in [0.15, 0.2) is 42.6 Å². The van der Waals surface area contributed by atoms with Gasteiger partial charge >= 0.3 is 0 Å². The lowest BCUT2D eigenvalue weighted by Crippen LogP contribution is -2.19. The van der Waals surface area contributed by atoms with Crippen molar-refractivity contribution >= 4 is 11.5 Å². The van der Waals surface area contributed by atoms with E-state index in [0.717, 1.165) is 17.3 Å². The lowest BCUT2D eigenvalue weighted by molar-refractivity contribution is 0.415. The minimum Gasteiger partial charge on any atom is -0.497 e. The fraction of sp³-hybridized carbons (Fsp3) is 0.312. The van der Waals surface area contributed by atoms with E-state index in [1.807, 2.05) is 50.6 Å². The Hall–Kier alpha value is -2.07. The molecule has 20 heavy (non-hydrogen) atoms. The van der Waals surface area contributed by atoms with Gasteiger partial charge in [0.2, 0.25) is 0 Å². The number of pyridine rings is 1. The zero-order chi connectivity index (χ0) is 14.5. The van der Waals surface area contributed by atoms with Crippen LogP contribution in [0.1, 0.15) is 18.5 Å². The SMILES string of the molecule is CNC(C)c1cccnc1N(C)c1ccc(OC)cc1. The maximum Gasteiger partial charge on any atom is 0.137 e. The molecule has 0 aliphatic rings. The molecule has 4 nitrogen and oxygen atoms in total. The summed E-state index contributed by atoms with van der Waals surface area (Å²) in [5.41, 5.74) is 2.25. The lowest BCUT2D eigenvalue weighted by Gasteiger charge is -2.23. The van der Waals surface area contributed by atoms with Crippen LogP contribution in [0.5, 0.6) is 5.75 Å². The summed E-state index contributed by atoms with van der Waals surface area (Å²) < 4.78 is 5.19. The van der Waals surface area contributed by atoms with Crippen LogP contribution in [-0.4, -0.2) is 26.2 Å². The Morgan fingerprint density at radius 2 is 1.90 bits per heavy atom. The molecule has 0 radical (unpaired) electrons. The van der Waals surface area contributed by atoms with Crippen LogP contribution in [0.25, 0.3) is 0 Å². The molecule has 1 atom stereocenters. The van der Waals surface area contributed by atoms with Crippen LogP contribution < -0.4 is 15.0 Å². The number of hydrogen-bond acceptors (Lipinski definition) is 4. The minimum atomic E-state index is 0.249. The summed E-state index contributed by atoms with van der Waals surface area (Å²) in [5, 5.41) is 3.26. The quantitative estimate of drug-likeness (QED) is 0.906. The molecule has 1 unspecified atom stereocenters. The normalized spacial score (nSPS) is 12.0. The largest absolute Gasteiger partial charge is 0.497 e. The summed E-state index contributed by atoms with van der Waals surface area (Å²) in [4.78, 5) is 6.61. The Kier molecular flexibility index (Phi) is 4.58. The molecule has 0 bridgehead atoms. The van der Waals surface area contributed by atoms with E-state index in [0.29, 0.717) is 0 Å². The Balaban J connectivity index is 2.34. The Morgan fingerprint density at radius 1 is 1.20 bits per heavy atom. The van der Waals surface area contributed by atoms with Gasteiger partial charge in [-0.3, -0.25) is 0 Å². The van der Waals surface area contributed by atoms with Gasteiger partial charge in [0.05, 0.1) is 7.11 Å². The van der Waals surface area contributed by atoms with Gasteiger partial charge in [0.25, 0.3) is 0 Å². The van der Waals surface area contributed by atoms with Gasteiger partial charge in [-0.05, 0) is 44.3 Å². The van der Waals surface area contributed by atoms with Crippen molar-refractivity contribution in [2.75, 3.05) is 26.1 Å². The van der Waals surface area contributed by atoms with Gasteiger partial charge in [-0.1, -0.05) is 6.07 Å². The van der Waals surface area contributed by atoms with Gasteiger partial charge in [0, 0.05) is 30.5 Å². The monoisotopic (exact) mass is 271 g/mol. The molecule has 4 heteroatoms. The van der Waals surface area contributed by atoms with E-state index in [1.54, 1.807) is 7.11 Å². The smallest absolute Gasteiger partial charge is 0.137 e. The van der Waals surface area contributed by atoms with Crippen LogP contribution in [-0.2, 0) is 0 Å².